The summed E-state index contributed by atoms with van der Waals surface area (Å²) in [6, 6.07) is 11.8. The highest BCUT2D eigenvalue weighted by Gasteiger charge is 2.48. The molecule has 1 aromatic heterocycles. The van der Waals surface area contributed by atoms with Gasteiger partial charge in [0.05, 0.1) is 11.6 Å². The molecule has 2 aliphatic rings. The topological polar surface area (TPSA) is 70.8 Å². The first-order valence-electron chi connectivity index (χ1n) is 10.7. The number of hydrogen-bond acceptors (Lipinski definition) is 4. The molecule has 5 rings (SSSR count). The van der Waals surface area contributed by atoms with Gasteiger partial charge in [0.15, 0.2) is 11.5 Å². The molecule has 0 radical (unpaired) electrons. The minimum Gasteiger partial charge on any atom is -0.503 e. The Morgan fingerprint density at radius 1 is 1.09 bits per heavy atom. The van der Waals surface area contributed by atoms with Crippen LogP contribution in [0.5, 0.6) is 0 Å². The molecule has 1 atom stereocenters. The number of fused-ring (bicyclic) bond motifs is 1. The van der Waals surface area contributed by atoms with Crippen LogP contribution in [0.4, 0.5) is 4.39 Å². The average Bonchev–Trinajstić information content (AvgIpc) is 3.33. The highest BCUT2D eigenvalue weighted by Crippen LogP contribution is 2.44. The maximum absolute atomic E-state index is 14.9. The number of ketones is 1. The largest absolute Gasteiger partial charge is 0.503 e. The maximum atomic E-state index is 14.9. The first-order chi connectivity index (χ1) is 15.5. The van der Waals surface area contributed by atoms with Crippen molar-refractivity contribution in [1.29, 1.82) is 0 Å². The van der Waals surface area contributed by atoms with Crippen molar-refractivity contribution in [2.45, 2.75) is 44.2 Å². The number of benzene rings is 2. The molecule has 5 nitrogen and oxygen atoms in total. The fraction of sp³-hybridized carbons (Fsp3) is 0.280. The fourth-order valence-corrected chi connectivity index (χ4v) is 5.23. The molecule has 2 aromatic carbocycles. The van der Waals surface area contributed by atoms with E-state index in [0.717, 1.165) is 36.6 Å². The minimum absolute atomic E-state index is 0.000663. The van der Waals surface area contributed by atoms with Gasteiger partial charge >= 0.3 is 0 Å². The van der Waals surface area contributed by atoms with Crippen molar-refractivity contribution in [1.82, 2.24) is 4.90 Å². The van der Waals surface area contributed by atoms with E-state index in [2.05, 4.69) is 15.9 Å². The number of aliphatic hydroxyl groups excluding tert-OH is 1. The fourth-order valence-electron chi connectivity index (χ4n) is 4.85. The van der Waals surface area contributed by atoms with Crippen LogP contribution in [0.2, 0.25) is 0 Å². The Balaban J connectivity index is 1.62. The molecule has 1 fully saturated rings. The summed E-state index contributed by atoms with van der Waals surface area (Å²) in [5, 5.41) is 11.5. The Bertz CT molecular complexity index is 1260. The van der Waals surface area contributed by atoms with Gasteiger partial charge in [-0.1, -0.05) is 53.4 Å². The van der Waals surface area contributed by atoms with E-state index in [4.69, 9.17) is 4.42 Å². The van der Waals surface area contributed by atoms with Crippen LogP contribution in [0.25, 0.3) is 11.0 Å². The smallest absolute Gasteiger partial charge is 0.290 e. The van der Waals surface area contributed by atoms with Crippen molar-refractivity contribution in [2.75, 3.05) is 0 Å². The van der Waals surface area contributed by atoms with Crippen molar-refractivity contribution in [3.05, 3.63) is 81.5 Å². The third kappa shape index (κ3) is 3.45. The summed E-state index contributed by atoms with van der Waals surface area (Å²) in [5.74, 6) is -2.41. The maximum Gasteiger partial charge on any atom is 0.290 e. The highest BCUT2D eigenvalue weighted by molar-refractivity contribution is 9.10. The van der Waals surface area contributed by atoms with Crippen molar-refractivity contribution in [3.8, 4) is 0 Å². The summed E-state index contributed by atoms with van der Waals surface area (Å²) in [4.78, 5) is 28.2. The number of amides is 1. The summed E-state index contributed by atoms with van der Waals surface area (Å²) in [6.45, 7) is 0. The molecule has 3 aromatic rings. The Hall–Kier alpha value is -2.93. The van der Waals surface area contributed by atoms with Crippen LogP contribution in [0.15, 0.2) is 68.8 Å². The molecule has 0 saturated heterocycles. The molecular weight excluding hydrogens is 477 g/mol. The molecular formula is C25H21BrFNO4. The zero-order valence-electron chi connectivity index (χ0n) is 17.2. The number of halogens is 2. The molecule has 7 heteroatoms. The van der Waals surface area contributed by atoms with Crippen LogP contribution in [0.1, 0.15) is 54.3 Å². The number of furan rings is 1. The summed E-state index contributed by atoms with van der Waals surface area (Å²) < 4.78 is 21.5. The third-order valence-electron chi connectivity index (χ3n) is 6.36. The van der Waals surface area contributed by atoms with E-state index >= 15 is 0 Å². The predicted molar refractivity (Wildman–Crippen MR) is 121 cm³/mol. The molecule has 1 saturated carbocycles. The predicted octanol–water partition coefficient (Wildman–Crippen LogP) is 6.25. The molecule has 2 heterocycles. The van der Waals surface area contributed by atoms with Gasteiger partial charge in [0.2, 0.25) is 5.78 Å². The molecule has 0 spiro atoms. The normalized spacial score (nSPS) is 19.9. The van der Waals surface area contributed by atoms with Gasteiger partial charge in [-0.15, -0.1) is 0 Å². The number of carbonyl (C=O) groups excluding carboxylic acids is 2. The number of carbonyl (C=O) groups is 2. The van der Waals surface area contributed by atoms with Gasteiger partial charge in [-0.2, -0.15) is 0 Å². The molecule has 32 heavy (non-hydrogen) atoms. The second-order valence-corrected chi connectivity index (χ2v) is 9.23. The van der Waals surface area contributed by atoms with E-state index in [1.54, 1.807) is 36.4 Å². The lowest BCUT2D eigenvalue weighted by Crippen LogP contribution is -2.41. The number of nitrogens with zero attached hydrogens (tertiary/aromatic N) is 1. The molecule has 0 bridgehead atoms. The van der Waals surface area contributed by atoms with Gasteiger partial charge in [0.25, 0.3) is 5.91 Å². The first kappa shape index (κ1) is 20.9. The van der Waals surface area contributed by atoms with E-state index in [0.29, 0.717) is 11.0 Å². The summed E-state index contributed by atoms with van der Waals surface area (Å²) in [6.07, 6.45) is 4.47. The third-order valence-corrected chi connectivity index (χ3v) is 6.85. The van der Waals surface area contributed by atoms with Gasteiger partial charge in [-0.05, 0) is 43.2 Å². The molecule has 1 aliphatic carbocycles. The Morgan fingerprint density at radius 3 is 2.59 bits per heavy atom. The van der Waals surface area contributed by atoms with E-state index in [9.17, 15) is 19.1 Å². The number of rotatable bonds is 4. The van der Waals surface area contributed by atoms with Crippen LogP contribution in [0.3, 0.4) is 0 Å². The van der Waals surface area contributed by atoms with Crippen molar-refractivity contribution in [3.63, 3.8) is 0 Å². The standard InChI is InChI=1S/C25H21BrFNO4/c26-15-10-11-19-14(12-15)13-20(32-19)23(29)21-22(17-8-4-5-9-18(17)27)28(25(31)24(21)30)16-6-2-1-3-7-16/h4-5,8-13,16,22,30H,1-3,6-7H2. The van der Waals surface area contributed by atoms with E-state index in [1.807, 2.05) is 6.07 Å². The molecule has 1 unspecified atom stereocenters. The Kier molecular flexibility index (Phi) is 5.37. The average molecular weight is 498 g/mol. The van der Waals surface area contributed by atoms with Crippen molar-refractivity contribution >= 4 is 38.6 Å². The zero-order chi connectivity index (χ0) is 22.4. The number of Topliss-reactive ketones (excluding diaryl/α,β-unsaturated/α-hetero) is 1. The van der Waals surface area contributed by atoms with Crippen LogP contribution < -0.4 is 0 Å². The lowest BCUT2D eigenvalue weighted by atomic mass is 9.90. The molecule has 164 valence electrons. The molecule has 1 N–H and O–H groups in total. The summed E-state index contributed by atoms with van der Waals surface area (Å²) in [5.41, 5.74) is 0.564. The van der Waals surface area contributed by atoms with Crippen molar-refractivity contribution < 1.29 is 23.5 Å². The number of hydrogen-bond donors (Lipinski definition) is 1. The van der Waals surface area contributed by atoms with Gasteiger partial charge < -0.3 is 14.4 Å². The van der Waals surface area contributed by atoms with Crippen LogP contribution in [-0.4, -0.2) is 27.7 Å². The van der Waals surface area contributed by atoms with E-state index in [1.165, 1.54) is 11.0 Å². The summed E-state index contributed by atoms with van der Waals surface area (Å²) >= 11 is 3.39. The first-order valence-corrected chi connectivity index (χ1v) is 11.5. The van der Waals surface area contributed by atoms with Crippen LogP contribution in [0, 0.1) is 5.82 Å². The Labute approximate surface area is 192 Å². The second-order valence-electron chi connectivity index (χ2n) is 8.31. The van der Waals surface area contributed by atoms with Gasteiger partial charge in [0.1, 0.15) is 11.4 Å². The van der Waals surface area contributed by atoms with E-state index < -0.39 is 29.3 Å². The summed E-state index contributed by atoms with van der Waals surface area (Å²) in [7, 11) is 0. The van der Waals surface area contributed by atoms with Gasteiger partial charge in [-0.3, -0.25) is 9.59 Å². The quantitative estimate of drug-likeness (QED) is 0.432. The van der Waals surface area contributed by atoms with Gasteiger partial charge in [0, 0.05) is 21.5 Å². The monoisotopic (exact) mass is 497 g/mol. The van der Waals surface area contributed by atoms with Crippen LogP contribution in [-0.2, 0) is 4.79 Å². The molecule has 1 amide bonds. The lowest BCUT2D eigenvalue weighted by molar-refractivity contribution is -0.132. The van der Waals surface area contributed by atoms with Gasteiger partial charge in [-0.25, -0.2) is 4.39 Å². The SMILES string of the molecule is O=C(C1=C(O)C(=O)N(C2CCCCC2)C1c1ccccc1F)c1cc2cc(Br)ccc2o1. The number of aliphatic hydroxyl groups is 1. The highest BCUT2D eigenvalue weighted by atomic mass is 79.9. The zero-order valence-corrected chi connectivity index (χ0v) is 18.8. The lowest BCUT2D eigenvalue weighted by Gasteiger charge is -2.36. The minimum atomic E-state index is -1.00. The van der Waals surface area contributed by atoms with Crippen LogP contribution >= 0.6 is 15.9 Å². The van der Waals surface area contributed by atoms with Crippen molar-refractivity contribution in [2.24, 2.45) is 0 Å². The van der Waals surface area contributed by atoms with E-state index in [-0.39, 0.29) is 22.9 Å². The second kappa shape index (κ2) is 8.20. The Morgan fingerprint density at radius 2 is 1.84 bits per heavy atom. The molecule has 1 aliphatic heterocycles.